The van der Waals surface area contributed by atoms with Gasteiger partial charge in [0.1, 0.15) is 12.4 Å². The van der Waals surface area contributed by atoms with E-state index in [4.69, 9.17) is 4.74 Å². The molecule has 1 aromatic carbocycles. The highest BCUT2D eigenvalue weighted by molar-refractivity contribution is 6.00. The van der Waals surface area contributed by atoms with E-state index in [1.54, 1.807) is 6.20 Å². The predicted molar refractivity (Wildman–Crippen MR) is 87.5 cm³/mol. The van der Waals surface area contributed by atoms with Gasteiger partial charge >= 0.3 is 0 Å². The standard InChI is InChI=1S/C18H15N3O2/c1-11-9-14(13-3-2-6-19-17(13)21-11)12-4-5-16-15(10-12)18(22)20-7-8-23-16/h2-6,9-10H,7-8H2,1H3,(H,20,22). The van der Waals surface area contributed by atoms with Gasteiger partial charge in [0.05, 0.1) is 12.1 Å². The molecule has 0 spiro atoms. The van der Waals surface area contributed by atoms with Crippen LogP contribution in [-0.2, 0) is 0 Å². The summed E-state index contributed by atoms with van der Waals surface area (Å²) in [5.74, 6) is 0.518. The van der Waals surface area contributed by atoms with Crippen molar-refractivity contribution < 1.29 is 9.53 Å². The van der Waals surface area contributed by atoms with Gasteiger partial charge in [-0.15, -0.1) is 0 Å². The Morgan fingerprint density at radius 2 is 2.09 bits per heavy atom. The van der Waals surface area contributed by atoms with E-state index in [9.17, 15) is 4.79 Å². The van der Waals surface area contributed by atoms with Crippen molar-refractivity contribution in [2.75, 3.05) is 13.2 Å². The molecule has 1 aliphatic rings. The smallest absolute Gasteiger partial charge is 0.255 e. The van der Waals surface area contributed by atoms with Crippen molar-refractivity contribution >= 4 is 16.9 Å². The molecule has 3 aromatic rings. The monoisotopic (exact) mass is 305 g/mol. The Morgan fingerprint density at radius 1 is 1.17 bits per heavy atom. The number of aromatic nitrogens is 2. The van der Waals surface area contributed by atoms with E-state index in [2.05, 4.69) is 15.3 Å². The zero-order valence-electron chi connectivity index (χ0n) is 12.7. The van der Waals surface area contributed by atoms with Gasteiger partial charge in [0.25, 0.3) is 5.91 Å². The summed E-state index contributed by atoms with van der Waals surface area (Å²) in [6.45, 7) is 2.94. The zero-order chi connectivity index (χ0) is 15.8. The molecule has 4 rings (SSSR count). The van der Waals surface area contributed by atoms with Gasteiger partial charge in [-0.05, 0) is 48.4 Å². The van der Waals surface area contributed by atoms with Crippen LogP contribution in [0.4, 0.5) is 0 Å². The van der Waals surface area contributed by atoms with Crippen LogP contribution in [0.1, 0.15) is 16.1 Å². The normalized spacial score (nSPS) is 13.9. The number of fused-ring (bicyclic) bond motifs is 2. The van der Waals surface area contributed by atoms with Crippen molar-refractivity contribution in [3.8, 4) is 16.9 Å². The summed E-state index contributed by atoms with van der Waals surface area (Å²) in [5, 5.41) is 3.81. The number of hydrogen-bond acceptors (Lipinski definition) is 4. The van der Waals surface area contributed by atoms with E-state index in [1.165, 1.54) is 0 Å². The summed E-state index contributed by atoms with van der Waals surface area (Å²) in [6, 6.07) is 11.6. The van der Waals surface area contributed by atoms with Crippen molar-refractivity contribution in [3.05, 3.63) is 53.9 Å². The Hall–Kier alpha value is -2.95. The fourth-order valence-corrected chi connectivity index (χ4v) is 2.84. The third-order valence-electron chi connectivity index (χ3n) is 3.89. The third-order valence-corrected chi connectivity index (χ3v) is 3.89. The van der Waals surface area contributed by atoms with Gasteiger partial charge in [0.2, 0.25) is 0 Å². The minimum Gasteiger partial charge on any atom is -0.491 e. The van der Waals surface area contributed by atoms with Gasteiger partial charge in [0.15, 0.2) is 5.65 Å². The van der Waals surface area contributed by atoms with Crippen LogP contribution in [0.25, 0.3) is 22.2 Å². The molecule has 0 saturated heterocycles. The third kappa shape index (κ3) is 2.40. The second-order valence-corrected chi connectivity index (χ2v) is 5.50. The van der Waals surface area contributed by atoms with E-state index in [0.29, 0.717) is 30.1 Å². The van der Waals surface area contributed by atoms with Crippen LogP contribution in [0.5, 0.6) is 5.75 Å². The lowest BCUT2D eigenvalue weighted by Crippen LogP contribution is -2.24. The van der Waals surface area contributed by atoms with Gasteiger partial charge in [-0.1, -0.05) is 6.07 Å². The maximum atomic E-state index is 12.2. The second kappa shape index (κ2) is 5.35. The van der Waals surface area contributed by atoms with E-state index < -0.39 is 0 Å². The van der Waals surface area contributed by atoms with E-state index in [0.717, 1.165) is 22.2 Å². The van der Waals surface area contributed by atoms with Gasteiger partial charge in [0, 0.05) is 17.3 Å². The molecule has 0 fully saturated rings. The fourth-order valence-electron chi connectivity index (χ4n) is 2.84. The molecule has 0 saturated carbocycles. The summed E-state index contributed by atoms with van der Waals surface area (Å²) in [4.78, 5) is 21.0. The van der Waals surface area contributed by atoms with Crippen molar-refractivity contribution in [1.29, 1.82) is 0 Å². The highest BCUT2D eigenvalue weighted by Crippen LogP contribution is 2.31. The van der Waals surface area contributed by atoms with Crippen LogP contribution >= 0.6 is 0 Å². The molecule has 0 radical (unpaired) electrons. The number of nitrogens with zero attached hydrogens (tertiary/aromatic N) is 2. The maximum Gasteiger partial charge on any atom is 0.255 e. The number of carbonyl (C=O) groups is 1. The minimum absolute atomic E-state index is 0.104. The number of ether oxygens (including phenoxy) is 1. The minimum atomic E-state index is -0.104. The Balaban J connectivity index is 1.94. The summed E-state index contributed by atoms with van der Waals surface area (Å²) in [5.41, 5.74) is 4.12. The Bertz CT molecular complexity index is 921. The number of amides is 1. The first kappa shape index (κ1) is 13.7. The van der Waals surface area contributed by atoms with Crippen molar-refractivity contribution in [3.63, 3.8) is 0 Å². The molecule has 0 atom stereocenters. The number of carbonyl (C=O) groups excluding carboxylic acids is 1. The lowest BCUT2D eigenvalue weighted by Gasteiger charge is -2.11. The molecule has 114 valence electrons. The predicted octanol–water partition coefficient (Wildman–Crippen LogP) is 2.73. The number of hydrogen-bond donors (Lipinski definition) is 1. The van der Waals surface area contributed by atoms with Crippen LogP contribution in [0, 0.1) is 6.92 Å². The molecule has 0 unspecified atom stereocenters. The zero-order valence-corrected chi connectivity index (χ0v) is 12.7. The number of benzene rings is 1. The Labute approximate surface area is 133 Å². The number of pyridine rings is 2. The molecule has 2 aromatic heterocycles. The van der Waals surface area contributed by atoms with Gasteiger partial charge < -0.3 is 10.1 Å². The molecular formula is C18H15N3O2. The first-order valence-electron chi connectivity index (χ1n) is 7.50. The van der Waals surface area contributed by atoms with E-state index in [-0.39, 0.29) is 5.91 Å². The summed E-state index contributed by atoms with van der Waals surface area (Å²) in [6.07, 6.45) is 1.73. The molecule has 1 amide bonds. The summed E-state index contributed by atoms with van der Waals surface area (Å²) >= 11 is 0. The summed E-state index contributed by atoms with van der Waals surface area (Å²) < 4.78 is 5.61. The maximum absolute atomic E-state index is 12.2. The SMILES string of the molecule is Cc1cc(-c2ccc3c(c2)C(=O)NCCO3)c2cccnc2n1. The second-order valence-electron chi connectivity index (χ2n) is 5.50. The first-order valence-corrected chi connectivity index (χ1v) is 7.50. The van der Waals surface area contributed by atoms with Crippen LogP contribution in [-0.4, -0.2) is 29.0 Å². The first-order chi connectivity index (χ1) is 11.2. The molecule has 0 bridgehead atoms. The van der Waals surface area contributed by atoms with Crippen LogP contribution in [0.2, 0.25) is 0 Å². The Kier molecular flexibility index (Phi) is 3.19. The number of rotatable bonds is 1. The topological polar surface area (TPSA) is 64.1 Å². The largest absolute Gasteiger partial charge is 0.491 e. The lowest BCUT2D eigenvalue weighted by atomic mass is 9.99. The van der Waals surface area contributed by atoms with Crippen molar-refractivity contribution in [2.24, 2.45) is 0 Å². The molecule has 1 aliphatic heterocycles. The highest BCUT2D eigenvalue weighted by Gasteiger charge is 2.18. The molecular weight excluding hydrogens is 290 g/mol. The van der Waals surface area contributed by atoms with Crippen LogP contribution < -0.4 is 10.1 Å². The molecule has 5 heteroatoms. The molecule has 3 heterocycles. The Morgan fingerprint density at radius 3 is 3.00 bits per heavy atom. The fraction of sp³-hybridized carbons (Fsp3) is 0.167. The average molecular weight is 305 g/mol. The van der Waals surface area contributed by atoms with Crippen molar-refractivity contribution in [1.82, 2.24) is 15.3 Å². The molecule has 5 nitrogen and oxygen atoms in total. The van der Waals surface area contributed by atoms with E-state index >= 15 is 0 Å². The van der Waals surface area contributed by atoms with E-state index in [1.807, 2.05) is 43.3 Å². The highest BCUT2D eigenvalue weighted by atomic mass is 16.5. The number of aryl methyl sites for hydroxylation is 1. The average Bonchev–Trinajstić information content (AvgIpc) is 2.75. The lowest BCUT2D eigenvalue weighted by molar-refractivity contribution is 0.0957. The van der Waals surface area contributed by atoms with Gasteiger partial charge in [-0.2, -0.15) is 0 Å². The van der Waals surface area contributed by atoms with Crippen LogP contribution in [0.3, 0.4) is 0 Å². The summed E-state index contributed by atoms with van der Waals surface area (Å²) in [7, 11) is 0. The van der Waals surface area contributed by atoms with Crippen molar-refractivity contribution in [2.45, 2.75) is 6.92 Å². The molecule has 23 heavy (non-hydrogen) atoms. The quantitative estimate of drug-likeness (QED) is 0.751. The molecule has 0 aliphatic carbocycles. The van der Waals surface area contributed by atoms with Gasteiger partial charge in [-0.25, -0.2) is 9.97 Å². The number of nitrogens with one attached hydrogen (secondary N) is 1. The van der Waals surface area contributed by atoms with Gasteiger partial charge in [-0.3, -0.25) is 4.79 Å². The van der Waals surface area contributed by atoms with Crippen LogP contribution in [0.15, 0.2) is 42.6 Å². The molecule has 1 N–H and O–H groups in total.